The number of carboxylic acids is 1. The predicted octanol–water partition coefficient (Wildman–Crippen LogP) is 3.22. The average Bonchev–Trinajstić information content (AvgIpc) is 2.57. The van der Waals surface area contributed by atoms with Crippen LogP contribution in [-0.2, 0) is 0 Å². The van der Waals surface area contributed by atoms with Gasteiger partial charge >= 0.3 is 5.97 Å². The summed E-state index contributed by atoms with van der Waals surface area (Å²) in [6.45, 7) is 0. The lowest BCUT2D eigenvalue weighted by molar-refractivity contribution is 0.0696. The first kappa shape index (κ1) is 11.1. The zero-order valence-electron chi connectivity index (χ0n) is 9.35. The Hall–Kier alpha value is -1.38. The molecule has 0 aliphatic heterocycles. The summed E-state index contributed by atoms with van der Waals surface area (Å²) in [7, 11) is 0. The van der Waals surface area contributed by atoms with E-state index < -0.39 is 5.97 Å². The van der Waals surface area contributed by atoms with Gasteiger partial charge in [0.2, 0.25) is 0 Å². The van der Waals surface area contributed by atoms with Crippen molar-refractivity contribution in [2.24, 2.45) is 0 Å². The smallest absolute Gasteiger partial charge is 0.337 e. The molecule has 1 aliphatic rings. The summed E-state index contributed by atoms with van der Waals surface area (Å²) in [5, 5.41) is 8.92. The second-order valence-electron chi connectivity index (χ2n) is 4.50. The highest BCUT2D eigenvalue weighted by Crippen LogP contribution is 2.31. The highest BCUT2D eigenvalue weighted by Gasteiger charge is 2.16. The minimum Gasteiger partial charge on any atom is -0.478 e. The van der Waals surface area contributed by atoms with Gasteiger partial charge in [-0.1, -0.05) is 25.7 Å². The molecule has 0 spiro atoms. The van der Waals surface area contributed by atoms with Crippen molar-refractivity contribution in [3.63, 3.8) is 0 Å². The fourth-order valence-electron chi connectivity index (χ4n) is 2.41. The van der Waals surface area contributed by atoms with Crippen LogP contribution in [0.1, 0.15) is 60.4 Å². The van der Waals surface area contributed by atoms with Crippen LogP contribution in [-0.4, -0.2) is 16.1 Å². The Morgan fingerprint density at radius 2 is 1.88 bits per heavy atom. The highest BCUT2D eigenvalue weighted by atomic mass is 16.4. The van der Waals surface area contributed by atoms with Crippen molar-refractivity contribution in [3.05, 3.63) is 29.6 Å². The van der Waals surface area contributed by atoms with Crippen molar-refractivity contribution in [2.45, 2.75) is 44.4 Å². The molecule has 0 aromatic carbocycles. The Kier molecular flexibility index (Phi) is 3.54. The minimum absolute atomic E-state index is 0.307. The van der Waals surface area contributed by atoms with Gasteiger partial charge in [-0.3, -0.25) is 4.98 Å². The van der Waals surface area contributed by atoms with Crippen molar-refractivity contribution in [3.8, 4) is 0 Å². The van der Waals surface area contributed by atoms with Crippen molar-refractivity contribution in [1.29, 1.82) is 0 Å². The van der Waals surface area contributed by atoms with Crippen LogP contribution < -0.4 is 0 Å². The zero-order chi connectivity index (χ0) is 11.4. The van der Waals surface area contributed by atoms with Gasteiger partial charge in [-0.2, -0.15) is 0 Å². The Bertz CT molecular complexity index is 368. The molecule has 0 saturated heterocycles. The lowest BCUT2D eigenvalue weighted by atomic mass is 9.92. The molecule has 0 unspecified atom stereocenters. The van der Waals surface area contributed by atoms with Crippen LogP contribution in [0.2, 0.25) is 0 Å². The molecular formula is C13H17NO2. The fourth-order valence-corrected chi connectivity index (χ4v) is 2.41. The van der Waals surface area contributed by atoms with Crippen LogP contribution in [0.25, 0.3) is 0 Å². The third-order valence-corrected chi connectivity index (χ3v) is 3.33. The monoisotopic (exact) mass is 219 g/mol. The molecule has 1 aromatic rings. The molecule has 1 aliphatic carbocycles. The van der Waals surface area contributed by atoms with E-state index in [0.717, 1.165) is 5.56 Å². The molecule has 1 N–H and O–H groups in total. The van der Waals surface area contributed by atoms with E-state index in [1.807, 2.05) is 6.20 Å². The summed E-state index contributed by atoms with van der Waals surface area (Å²) in [6, 6.07) is 1.78. The second kappa shape index (κ2) is 5.10. The van der Waals surface area contributed by atoms with E-state index >= 15 is 0 Å². The quantitative estimate of drug-likeness (QED) is 0.777. The average molecular weight is 219 g/mol. The Morgan fingerprint density at radius 1 is 1.19 bits per heavy atom. The van der Waals surface area contributed by atoms with Crippen molar-refractivity contribution < 1.29 is 9.90 Å². The molecule has 0 atom stereocenters. The summed E-state index contributed by atoms with van der Waals surface area (Å²) in [6.07, 6.45) is 10.7. The molecule has 2 rings (SSSR count). The molecule has 0 bridgehead atoms. The van der Waals surface area contributed by atoms with Crippen LogP contribution in [0, 0.1) is 0 Å². The summed E-state index contributed by atoms with van der Waals surface area (Å²) in [4.78, 5) is 14.9. The van der Waals surface area contributed by atoms with Crippen LogP contribution in [0.4, 0.5) is 0 Å². The molecule has 16 heavy (non-hydrogen) atoms. The number of hydrogen-bond donors (Lipinski definition) is 1. The van der Waals surface area contributed by atoms with Crippen LogP contribution in [0.15, 0.2) is 18.5 Å². The number of nitrogens with zero attached hydrogens (tertiary/aromatic N) is 1. The largest absolute Gasteiger partial charge is 0.478 e. The predicted molar refractivity (Wildman–Crippen MR) is 61.6 cm³/mol. The maximum Gasteiger partial charge on any atom is 0.337 e. The first-order valence-electron chi connectivity index (χ1n) is 5.95. The van der Waals surface area contributed by atoms with Gasteiger partial charge in [0.1, 0.15) is 0 Å². The number of carbonyl (C=O) groups is 1. The molecule has 86 valence electrons. The lowest BCUT2D eigenvalue weighted by Crippen LogP contribution is -2.03. The van der Waals surface area contributed by atoms with Gasteiger partial charge < -0.3 is 5.11 Å². The van der Waals surface area contributed by atoms with Gasteiger partial charge in [-0.15, -0.1) is 0 Å². The number of carboxylic acid groups (broad SMARTS) is 1. The van der Waals surface area contributed by atoms with Gasteiger partial charge in [0.25, 0.3) is 0 Å². The molecule has 3 heteroatoms. The van der Waals surface area contributed by atoms with E-state index in [-0.39, 0.29) is 0 Å². The van der Waals surface area contributed by atoms with Gasteiger partial charge in [-0.25, -0.2) is 4.79 Å². The third kappa shape index (κ3) is 2.60. The molecule has 1 aromatic heterocycles. The molecular weight excluding hydrogens is 202 g/mol. The maximum absolute atomic E-state index is 10.9. The van der Waals surface area contributed by atoms with Crippen molar-refractivity contribution in [2.75, 3.05) is 0 Å². The minimum atomic E-state index is -0.886. The number of rotatable bonds is 2. The summed E-state index contributed by atoms with van der Waals surface area (Å²) in [5.41, 5.74) is 1.41. The van der Waals surface area contributed by atoms with E-state index in [0.29, 0.717) is 11.5 Å². The molecule has 0 radical (unpaired) electrons. The topological polar surface area (TPSA) is 50.2 Å². The first-order chi connectivity index (χ1) is 7.77. The number of hydrogen-bond acceptors (Lipinski definition) is 2. The fraction of sp³-hybridized carbons (Fsp3) is 0.538. The highest BCUT2D eigenvalue weighted by molar-refractivity contribution is 5.87. The van der Waals surface area contributed by atoms with Crippen molar-refractivity contribution >= 4 is 5.97 Å². The molecule has 1 saturated carbocycles. The van der Waals surface area contributed by atoms with E-state index in [4.69, 9.17) is 5.11 Å². The Balaban J connectivity index is 2.18. The van der Waals surface area contributed by atoms with Gasteiger partial charge in [0.15, 0.2) is 0 Å². The van der Waals surface area contributed by atoms with Gasteiger partial charge in [0.05, 0.1) is 5.56 Å². The number of pyridine rings is 1. The van der Waals surface area contributed by atoms with E-state index in [2.05, 4.69) is 4.98 Å². The van der Waals surface area contributed by atoms with Gasteiger partial charge in [-0.05, 0) is 30.4 Å². The summed E-state index contributed by atoms with van der Waals surface area (Å²) in [5.74, 6) is -0.378. The maximum atomic E-state index is 10.9. The normalized spacial score (nSPS) is 18.0. The van der Waals surface area contributed by atoms with Crippen LogP contribution in [0.3, 0.4) is 0 Å². The number of aromatic carboxylic acids is 1. The van der Waals surface area contributed by atoms with Crippen LogP contribution >= 0.6 is 0 Å². The molecule has 1 fully saturated rings. The SMILES string of the molecule is O=C(O)c1cncc(C2CCCCCC2)c1. The Labute approximate surface area is 95.5 Å². The second-order valence-corrected chi connectivity index (χ2v) is 4.50. The van der Waals surface area contributed by atoms with Crippen molar-refractivity contribution in [1.82, 2.24) is 4.98 Å². The first-order valence-corrected chi connectivity index (χ1v) is 5.95. The third-order valence-electron chi connectivity index (χ3n) is 3.33. The molecule has 3 nitrogen and oxygen atoms in total. The zero-order valence-corrected chi connectivity index (χ0v) is 9.35. The van der Waals surface area contributed by atoms with Gasteiger partial charge in [0, 0.05) is 12.4 Å². The number of aromatic nitrogens is 1. The van der Waals surface area contributed by atoms with E-state index in [1.54, 1.807) is 6.07 Å². The molecule has 1 heterocycles. The van der Waals surface area contributed by atoms with Crippen LogP contribution in [0.5, 0.6) is 0 Å². The Morgan fingerprint density at radius 3 is 2.50 bits per heavy atom. The summed E-state index contributed by atoms with van der Waals surface area (Å²) >= 11 is 0. The standard InChI is InChI=1S/C13H17NO2/c15-13(16)12-7-11(8-14-9-12)10-5-3-1-2-4-6-10/h7-10H,1-6H2,(H,15,16). The molecule has 0 amide bonds. The summed E-state index contributed by atoms with van der Waals surface area (Å²) < 4.78 is 0. The lowest BCUT2D eigenvalue weighted by Gasteiger charge is -2.14. The van der Waals surface area contributed by atoms with E-state index in [9.17, 15) is 4.79 Å². The van der Waals surface area contributed by atoms with E-state index in [1.165, 1.54) is 44.7 Å².